The van der Waals surface area contributed by atoms with Crippen molar-refractivity contribution in [2.24, 2.45) is 0 Å². The van der Waals surface area contributed by atoms with E-state index in [-0.39, 0.29) is 19.1 Å². The summed E-state index contributed by atoms with van der Waals surface area (Å²) in [4.78, 5) is 16.9. The van der Waals surface area contributed by atoms with E-state index in [0.717, 1.165) is 60.9 Å². The van der Waals surface area contributed by atoms with Crippen LogP contribution in [0, 0.1) is 27.7 Å². The number of rotatable bonds is 10. The Morgan fingerprint density at radius 1 is 1.10 bits per heavy atom. The summed E-state index contributed by atoms with van der Waals surface area (Å²) >= 11 is 6.30. The van der Waals surface area contributed by atoms with Crippen molar-refractivity contribution in [2.45, 2.75) is 53.7 Å². The van der Waals surface area contributed by atoms with Gasteiger partial charge >= 0.3 is 0 Å². The second-order valence-electron chi connectivity index (χ2n) is 10.0. The Morgan fingerprint density at radius 3 is 2.52 bits per heavy atom. The van der Waals surface area contributed by atoms with Crippen LogP contribution in [-0.2, 0) is 19.6 Å². The first-order valence-electron chi connectivity index (χ1n) is 13.3. The summed E-state index contributed by atoms with van der Waals surface area (Å²) in [6.45, 7) is 8.40. The molecule has 0 aliphatic carbocycles. The van der Waals surface area contributed by atoms with E-state index in [1.54, 1.807) is 12.1 Å². The molecule has 5 aromatic rings. The molecule has 2 aromatic carbocycles. The molecule has 0 saturated heterocycles. The predicted octanol–water partition coefficient (Wildman–Crippen LogP) is 6.47. The van der Waals surface area contributed by atoms with E-state index >= 15 is 0 Å². The number of hydrogen-bond donors (Lipinski definition) is 4. The highest BCUT2D eigenvalue weighted by Crippen LogP contribution is 2.35. The second-order valence-corrected chi connectivity index (χ2v) is 10.4. The number of benzene rings is 2. The summed E-state index contributed by atoms with van der Waals surface area (Å²) in [5.41, 5.74) is 8.15. The lowest BCUT2D eigenvalue weighted by Crippen LogP contribution is -2.24. The first-order valence-corrected chi connectivity index (χ1v) is 13.7. The quantitative estimate of drug-likeness (QED) is 0.146. The Balaban J connectivity index is 1.43. The van der Waals surface area contributed by atoms with Gasteiger partial charge in [-0.1, -0.05) is 29.8 Å². The number of carbonyl (C=O) groups is 1. The lowest BCUT2D eigenvalue weighted by molar-refractivity contribution is 0.0942. The van der Waals surface area contributed by atoms with Crippen molar-refractivity contribution >= 4 is 28.4 Å². The number of amides is 1. The smallest absolute Gasteiger partial charge is 0.268 e. The van der Waals surface area contributed by atoms with E-state index in [1.165, 1.54) is 0 Å². The molecule has 208 valence electrons. The molecule has 0 bridgehead atoms. The SMILES string of the molecule is Cc1cc(OCCCc2c(C(=O)NCc3ccc(CO)o3)[nH]c3c(-c4c(C)n[nH]c4C)cccc23)cc(C)c1Cl. The van der Waals surface area contributed by atoms with Gasteiger partial charge in [-0.15, -0.1) is 0 Å². The molecule has 3 heterocycles. The van der Waals surface area contributed by atoms with Gasteiger partial charge in [-0.2, -0.15) is 5.10 Å². The third-order valence-electron chi connectivity index (χ3n) is 7.11. The number of furan rings is 1. The maximum absolute atomic E-state index is 13.5. The van der Waals surface area contributed by atoms with Crippen molar-refractivity contribution in [3.05, 3.63) is 92.8 Å². The van der Waals surface area contributed by atoms with Gasteiger partial charge in [0.15, 0.2) is 0 Å². The van der Waals surface area contributed by atoms with Gasteiger partial charge in [0, 0.05) is 27.2 Å². The van der Waals surface area contributed by atoms with Gasteiger partial charge in [-0.25, -0.2) is 0 Å². The number of aromatic nitrogens is 3. The molecule has 0 aliphatic heterocycles. The summed E-state index contributed by atoms with van der Waals surface area (Å²) in [7, 11) is 0. The lowest BCUT2D eigenvalue weighted by atomic mass is 9.98. The average Bonchev–Trinajstić information content (AvgIpc) is 3.65. The molecule has 0 saturated carbocycles. The number of aliphatic hydroxyl groups is 1. The molecular formula is C31H33ClN4O4. The molecule has 0 aliphatic rings. The van der Waals surface area contributed by atoms with Gasteiger partial charge in [0.05, 0.1) is 24.4 Å². The van der Waals surface area contributed by atoms with Crippen LogP contribution in [0.2, 0.25) is 5.02 Å². The highest BCUT2D eigenvalue weighted by atomic mass is 35.5. The molecule has 3 aromatic heterocycles. The minimum atomic E-state index is -0.232. The molecule has 0 radical (unpaired) electrons. The average molecular weight is 561 g/mol. The Morgan fingerprint density at radius 2 is 1.85 bits per heavy atom. The predicted molar refractivity (Wildman–Crippen MR) is 156 cm³/mol. The minimum absolute atomic E-state index is 0.188. The largest absolute Gasteiger partial charge is 0.494 e. The number of aromatic amines is 2. The number of halogens is 1. The molecule has 1 amide bonds. The number of para-hydroxylation sites is 1. The Kier molecular flexibility index (Phi) is 8.00. The van der Waals surface area contributed by atoms with Crippen LogP contribution in [0.15, 0.2) is 46.9 Å². The van der Waals surface area contributed by atoms with Gasteiger partial charge in [-0.3, -0.25) is 9.89 Å². The highest BCUT2D eigenvalue weighted by molar-refractivity contribution is 6.32. The van der Waals surface area contributed by atoms with Crippen molar-refractivity contribution in [3.8, 4) is 16.9 Å². The van der Waals surface area contributed by atoms with E-state index in [1.807, 2.05) is 58.0 Å². The van der Waals surface area contributed by atoms with Crippen LogP contribution in [0.1, 0.15) is 56.5 Å². The third kappa shape index (κ3) is 5.50. The van der Waals surface area contributed by atoms with Crippen LogP contribution in [0.3, 0.4) is 0 Å². The summed E-state index contributed by atoms with van der Waals surface area (Å²) in [5.74, 6) is 1.58. The second kappa shape index (κ2) is 11.6. The number of aryl methyl sites for hydroxylation is 5. The van der Waals surface area contributed by atoms with Crippen molar-refractivity contribution in [1.29, 1.82) is 0 Å². The fraction of sp³-hybridized carbons (Fsp3) is 0.290. The number of carbonyl (C=O) groups excluding carboxylic acids is 1. The molecule has 9 heteroatoms. The van der Waals surface area contributed by atoms with E-state index in [2.05, 4.69) is 20.5 Å². The maximum Gasteiger partial charge on any atom is 0.268 e. The zero-order chi connectivity index (χ0) is 28.4. The molecule has 5 rings (SSSR count). The van der Waals surface area contributed by atoms with Crippen LogP contribution in [0.25, 0.3) is 22.0 Å². The fourth-order valence-electron chi connectivity index (χ4n) is 5.17. The zero-order valence-corrected chi connectivity index (χ0v) is 23.8. The maximum atomic E-state index is 13.5. The van der Waals surface area contributed by atoms with Crippen molar-refractivity contribution in [1.82, 2.24) is 20.5 Å². The van der Waals surface area contributed by atoms with E-state index in [9.17, 15) is 9.90 Å². The van der Waals surface area contributed by atoms with Gasteiger partial charge in [-0.05, 0) is 81.5 Å². The number of fused-ring (bicyclic) bond motifs is 1. The summed E-state index contributed by atoms with van der Waals surface area (Å²) in [6, 6.07) is 13.4. The lowest BCUT2D eigenvalue weighted by Gasteiger charge is -2.10. The summed E-state index contributed by atoms with van der Waals surface area (Å²) in [5, 5.41) is 21.4. The Hall–Kier alpha value is -4.01. The fourth-order valence-corrected chi connectivity index (χ4v) is 5.28. The van der Waals surface area contributed by atoms with E-state index in [0.29, 0.717) is 36.7 Å². The number of aliphatic hydroxyl groups excluding tert-OH is 1. The highest BCUT2D eigenvalue weighted by Gasteiger charge is 2.22. The molecular weight excluding hydrogens is 528 g/mol. The molecule has 0 spiro atoms. The van der Waals surface area contributed by atoms with Crippen LogP contribution in [0.4, 0.5) is 0 Å². The molecule has 8 nitrogen and oxygen atoms in total. The monoisotopic (exact) mass is 560 g/mol. The standard InChI is InChI=1S/C31H33ClN4O4/c1-17-13-23(14-18(2)28(17)32)39-12-6-9-25-24-7-5-8-26(27-19(3)35-36-20(27)4)29(24)34-30(25)31(38)33-15-21-10-11-22(16-37)40-21/h5,7-8,10-11,13-14,34,37H,6,9,12,15-16H2,1-4H3,(H,33,38)(H,35,36). The van der Waals surface area contributed by atoms with Crippen molar-refractivity contribution < 1.29 is 19.1 Å². The van der Waals surface area contributed by atoms with Gasteiger partial charge in [0.1, 0.15) is 29.6 Å². The van der Waals surface area contributed by atoms with Crippen molar-refractivity contribution in [3.63, 3.8) is 0 Å². The third-order valence-corrected chi connectivity index (χ3v) is 7.71. The van der Waals surface area contributed by atoms with Crippen molar-refractivity contribution in [2.75, 3.05) is 6.61 Å². The number of nitrogens with one attached hydrogen (secondary N) is 3. The number of hydrogen-bond acceptors (Lipinski definition) is 5. The summed E-state index contributed by atoms with van der Waals surface area (Å²) in [6.07, 6.45) is 1.34. The Bertz CT molecular complexity index is 1640. The minimum Gasteiger partial charge on any atom is -0.494 e. The van der Waals surface area contributed by atoms with Crippen LogP contribution >= 0.6 is 11.6 Å². The number of ether oxygens (including phenoxy) is 1. The molecule has 4 N–H and O–H groups in total. The number of H-pyrrole nitrogens is 2. The first-order chi connectivity index (χ1) is 19.3. The zero-order valence-electron chi connectivity index (χ0n) is 23.1. The molecule has 40 heavy (non-hydrogen) atoms. The molecule has 0 unspecified atom stereocenters. The summed E-state index contributed by atoms with van der Waals surface area (Å²) < 4.78 is 11.6. The molecule has 0 atom stereocenters. The molecule has 0 fully saturated rings. The Labute approximate surface area is 237 Å². The first kappa shape index (κ1) is 27.6. The van der Waals surface area contributed by atoms with Crippen LogP contribution in [0.5, 0.6) is 5.75 Å². The van der Waals surface area contributed by atoms with Gasteiger partial charge in [0.2, 0.25) is 0 Å². The van der Waals surface area contributed by atoms with E-state index in [4.69, 9.17) is 20.8 Å². The van der Waals surface area contributed by atoms with Gasteiger partial charge in [0.25, 0.3) is 5.91 Å². The number of nitrogens with zero attached hydrogens (tertiary/aromatic N) is 1. The van der Waals surface area contributed by atoms with E-state index < -0.39 is 0 Å². The normalized spacial score (nSPS) is 11.3. The van der Waals surface area contributed by atoms with Crippen LogP contribution in [-0.4, -0.2) is 32.8 Å². The van der Waals surface area contributed by atoms with Crippen LogP contribution < -0.4 is 10.1 Å². The topological polar surface area (TPSA) is 116 Å². The van der Waals surface area contributed by atoms with Gasteiger partial charge < -0.3 is 24.6 Å².